The molecule has 0 atom stereocenters. The van der Waals surface area contributed by atoms with Crippen molar-refractivity contribution in [2.75, 3.05) is 12.8 Å². The summed E-state index contributed by atoms with van der Waals surface area (Å²) < 4.78 is 19.6. The van der Waals surface area contributed by atoms with Crippen molar-refractivity contribution in [3.05, 3.63) is 46.7 Å². The van der Waals surface area contributed by atoms with Gasteiger partial charge in [-0.1, -0.05) is 22.0 Å². The average molecular weight is 296 g/mol. The second-order valence-electron chi connectivity index (χ2n) is 3.58. The number of halogens is 2. The minimum Gasteiger partial charge on any atom is -0.495 e. The summed E-state index contributed by atoms with van der Waals surface area (Å²) in [4.78, 5) is 0. The van der Waals surface area contributed by atoms with E-state index in [4.69, 9.17) is 10.5 Å². The molecule has 2 aromatic carbocycles. The number of benzene rings is 2. The Morgan fingerprint density at radius 2 is 1.94 bits per heavy atom. The van der Waals surface area contributed by atoms with E-state index in [1.807, 2.05) is 0 Å². The number of nitrogens with two attached hydrogens (primary N) is 1. The molecular weight excluding hydrogens is 285 g/mol. The van der Waals surface area contributed by atoms with E-state index in [1.165, 1.54) is 6.07 Å². The molecule has 0 saturated heterocycles. The van der Waals surface area contributed by atoms with Crippen LogP contribution in [0.4, 0.5) is 10.1 Å². The molecule has 0 amide bonds. The van der Waals surface area contributed by atoms with Crippen molar-refractivity contribution in [2.24, 2.45) is 0 Å². The lowest BCUT2D eigenvalue weighted by Gasteiger charge is -2.08. The molecule has 0 unspecified atom stereocenters. The van der Waals surface area contributed by atoms with E-state index in [2.05, 4.69) is 15.9 Å². The summed E-state index contributed by atoms with van der Waals surface area (Å²) in [6, 6.07) is 10.00. The molecule has 0 saturated carbocycles. The van der Waals surface area contributed by atoms with Gasteiger partial charge in [-0.15, -0.1) is 0 Å². The van der Waals surface area contributed by atoms with Crippen LogP contribution in [-0.2, 0) is 0 Å². The molecule has 17 heavy (non-hydrogen) atoms. The van der Waals surface area contributed by atoms with Gasteiger partial charge in [-0.3, -0.25) is 0 Å². The summed E-state index contributed by atoms with van der Waals surface area (Å²) in [5.74, 6) is 0.307. The van der Waals surface area contributed by atoms with E-state index in [0.29, 0.717) is 17.0 Å². The Kier molecular flexibility index (Phi) is 3.33. The molecule has 2 N–H and O–H groups in total. The smallest absolute Gasteiger partial charge is 0.141 e. The normalized spacial score (nSPS) is 10.3. The fourth-order valence-electron chi connectivity index (χ4n) is 1.62. The van der Waals surface area contributed by atoms with E-state index in [-0.39, 0.29) is 5.82 Å². The molecule has 0 aliphatic rings. The Hall–Kier alpha value is -1.55. The molecule has 88 valence electrons. The number of hydrogen-bond acceptors (Lipinski definition) is 2. The molecule has 4 heteroatoms. The summed E-state index contributed by atoms with van der Waals surface area (Å²) in [6.45, 7) is 0. The fraction of sp³-hybridized carbons (Fsp3) is 0.0769. The third-order valence-electron chi connectivity index (χ3n) is 2.47. The van der Waals surface area contributed by atoms with Crippen LogP contribution in [0.25, 0.3) is 11.1 Å². The van der Waals surface area contributed by atoms with Crippen LogP contribution in [0.15, 0.2) is 40.9 Å². The highest BCUT2D eigenvalue weighted by Gasteiger charge is 2.08. The van der Waals surface area contributed by atoms with Crippen LogP contribution in [0, 0.1) is 5.82 Å². The molecule has 0 bridgehead atoms. The molecule has 2 aromatic rings. The summed E-state index contributed by atoms with van der Waals surface area (Å²) in [6.07, 6.45) is 0. The topological polar surface area (TPSA) is 35.2 Å². The maximum absolute atomic E-state index is 13.7. The zero-order valence-corrected chi connectivity index (χ0v) is 10.8. The number of nitrogen functional groups attached to an aromatic ring is 1. The number of anilines is 1. The lowest BCUT2D eigenvalue weighted by Crippen LogP contribution is -1.93. The third-order valence-corrected chi connectivity index (χ3v) is 2.96. The first-order valence-corrected chi connectivity index (χ1v) is 5.80. The van der Waals surface area contributed by atoms with Gasteiger partial charge in [-0.2, -0.15) is 0 Å². The van der Waals surface area contributed by atoms with Crippen molar-refractivity contribution in [2.45, 2.75) is 0 Å². The van der Waals surface area contributed by atoms with Crippen molar-refractivity contribution in [1.82, 2.24) is 0 Å². The van der Waals surface area contributed by atoms with Gasteiger partial charge in [0.2, 0.25) is 0 Å². The van der Waals surface area contributed by atoms with Gasteiger partial charge in [0.1, 0.15) is 11.6 Å². The molecule has 0 heterocycles. The monoisotopic (exact) mass is 295 g/mol. The second-order valence-corrected chi connectivity index (χ2v) is 4.50. The number of hydrogen-bond donors (Lipinski definition) is 1. The van der Waals surface area contributed by atoms with Gasteiger partial charge in [0, 0.05) is 10.0 Å². The van der Waals surface area contributed by atoms with E-state index in [0.717, 1.165) is 10.0 Å². The summed E-state index contributed by atoms with van der Waals surface area (Å²) in [7, 11) is 1.55. The molecule has 0 fully saturated rings. The molecule has 2 nitrogen and oxygen atoms in total. The van der Waals surface area contributed by atoms with Crippen LogP contribution in [0.5, 0.6) is 5.75 Å². The highest BCUT2D eigenvalue weighted by atomic mass is 79.9. The maximum Gasteiger partial charge on any atom is 0.141 e. The van der Waals surface area contributed by atoms with Gasteiger partial charge in [-0.25, -0.2) is 4.39 Å². The van der Waals surface area contributed by atoms with Gasteiger partial charge >= 0.3 is 0 Å². The lowest BCUT2D eigenvalue weighted by atomic mass is 10.0. The van der Waals surface area contributed by atoms with E-state index in [1.54, 1.807) is 37.4 Å². The molecular formula is C13H11BrFNO. The highest BCUT2D eigenvalue weighted by molar-refractivity contribution is 9.10. The molecule has 0 radical (unpaired) electrons. The van der Waals surface area contributed by atoms with Crippen LogP contribution in [0.2, 0.25) is 0 Å². The second kappa shape index (κ2) is 4.75. The number of ether oxygens (including phenoxy) is 1. The first kappa shape index (κ1) is 11.9. The van der Waals surface area contributed by atoms with Crippen molar-refractivity contribution in [1.29, 1.82) is 0 Å². The minimum absolute atomic E-state index is 0.280. The fourth-order valence-corrected chi connectivity index (χ4v) is 1.98. The zero-order chi connectivity index (χ0) is 12.4. The van der Waals surface area contributed by atoms with E-state index < -0.39 is 0 Å². The Morgan fingerprint density at radius 1 is 1.18 bits per heavy atom. The molecule has 0 aliphatic heterocycles. The summed E-state index contributed by atoms with van der Waals surface area (Å²) >= 11 is 3.32. The van der Waals surface area contributed by atoms with Crippen LogP contribution in [0.1, 0.15) is 0 Å². The molecule has 0 aliphatic carbocycles. The van der Waals surface area contributed by atoms with Gasteiger partial charge < -0.3 is 10.5 Å². The Balaban J connectivity index is 2.53. The number of methoxy groups -OCH3 is 1. The average Bonchev–Trinajstić information content (AvgIpc) is 2.32. The first-order chi connectivity index (χ1) is 8.11. The van der Waals surface area contributed by atoms with Gasteiger partial charge in [0.05, 0.1) is 12.8 Å². The summed E-state index contributed by atoms with van der Waals surface area (Å²) in [5, 5.41) is 0. The lowest BCUT2D eigenvalue weighted by molar-refractivity contribution is 0.417. The van der Waals surface area contributed by atoms with Gasteiger partial charge in [-0.05, 0) is 35.9 Å². The quantitative estimate of drug-likeness (QED) is 0.854. The SMILES string of the molecule is COc1ccc(-c2cc(Br)ccc2F)cc1N. The highest BCUT2D eigenvalue weighted by Crippen LogP contribution is 2.31. The zero-order valence-electron chi connectivity index (χ0n) is 9.21. The largest absolute Gasteiger partial charge is 0.495 e. The van der Waals surface area contributed by atoms with Crippen molar-refractivity contribution in [3.63, 3.8) is 0 Å². The minimum atomic E-state index is -0.280. The standard InChI is InChI=1S/C13H11BrFNO/c1-17-13-5-2-8(6-12(13)16)10-7-9(14)3-4-11(10)15/h2-7H,16H2,1H3. The molecule has 0 aromatic heterocycles. The van der Waals surface area contributed by atoms with Crippen molar-refractivity contribution < 1.29 is 9.13 Å². The van der Waals surface area contributed by atoms with Gasteiger partial charge in [0.15, 0.2) is 0 Å². The Morgan fingerprint density at radius 3 is 2.59 bits per heavy atom. The Bertz CT molecular complexity index is 557. The van der Waals surface area contributed by atoms with Crippen molar-refractivity contribution >= 4 is 21.6 Å². The van der Waals surface area contributed by atoms with E-state index >= 15 is 0 Å². The summed E-state index contributed by atoms with van der Waals surface area (Å²) in [5.41, 5.74) is 7.52. The van der Waals surface area contributed by atoms with Crippen LogP contribution in [-0.4, -0.2) is 7.11 Å². The van der Waals surface area contributed by atoms with Crippen molar-refractivity contribution in [3.8, 4) is 16.9 Å². The Labute approximate surface area is 107 Å². The first-order valence-electron chi connectivity index (χ1n) is 5.01. The predicted octanol–water partition coefficient (Wildman–Crippen LogP) is 3.85. The van der Waals surface area contributed by atoms with Gasteiger partial charge in [0.25, 0.3) is 0 Å². The third kappa shape index (κ3) is 2.42. The predicted molar refractivity (Wildman–Crippen MR) is 70.5 cm³/mol. The molecule has 0 spiro atoms. The number of rotatable bonds is 2. The van der Waals surface area contributed by atoms with Crippen LogP contribution in [0.3, 0.4) is 0 Å². The van der Waals surface area contributed by atoms with Crippen LogP contribution < -0.4 is 10.5 Å². The molecule has 2 rings (SSSR count). The van der Waals surface area contributed by atoms with Crippen LogP contribution >= 0.6 is 15.9 Å². The maximum atomic E-state index is 13.7. The van der Waals surface area contributed by atoms with E-state index in [9.17, 15) is 4.39 Å².